The first-order valence-electron chi connectivity index (χ1n) is 6.78. The van der Waals surface area contributed by atoms with Crippen LogP contribution in [0.2, 0.25) is 0 Å². The molecule has 2 nitrogen and oxygen atoms in total. The summed E-state index contributed by atoms with van der Waals surface area (Å²) in [7, 11) is 2.25. The van der Waals surface area contributed by atoms with Crippen molar-refractivity contribution < 1.29 is 0 Å². The number of hydrogen-bond acceptors (Lipinski definition) is 2. The van der Waals surface area contributed by atoms with Crippen molar-refractivity contribution in [2.45, 2.75) is 45.3 Å². The summed E-state index contributed by atoms with van der Waals surface area (Å²) in [6.07, 6.45) is 4.18. The molecule has 94 valence electrons. The van der Waals surface area contributed by atoms with Crippen molar-refractivity contribution in [3.05, 3.63) is 35.4 Å². The second kappa shape index (κ2) is 6.18. The third-order valence-electron chi connectivity index (χ3n) is 3.70. The van der Waals surface area contributed by atoms with Gasteiger partial charge in [0.25, 0.3) is 0 Å². The van der Waals surface area contributed by atoms with Gasteiger partial charge in [0.2, 0.25) is 0 Å². The van der Waals surface area contributed by atoms with E-state index in [0.29, 0.717) is 0 Å². The second-order valence-electron chi connectivity index (χ2n) is 5.10. The van der Waals surface area contributed by atoms with Gasteiger partial charge in [0, 0.05) is 19.1 Å². The minimum absolute atomic E-state index is 0.826. The fourth-order valence-electron chi connectivity index (χ4n) is 2.35. The van der Waals surface area contributed by atoms with Crippen molar-refractivity contribution in [1.29, 1.82) is 0 Å². The first-order chi connectivity index (χ1) is 8.29. The van der Waals surface area contributed by atoms with E-state index in [-0.39, 0.29) is 0 Å². The van der Waals surface area contributed by atoms with E-state index < -0.39 is 0 Å². The van der Waals surface area contributed by atoms with E-state index in [0.717, 1.165) is 25.7 Å². The summed E-state index contributed by atoms with van der Waals surface area (Å²) in [6, 6.07) is 9.78. The Balaban J connectivity index is 1.90. The van der Waals surface area contributed by atoms with Gasteiger partial charge < -0.3 is 5.32 Å². The summed E-state index contributed by atoms with van der Waals surface area (Å²) in [5.74, 6) is 0. The molecule has 1 saturated carbocycles. The van der Waals surface area contributed by atoms with Crippen molar-refractivity contribution in [3.8, 4) is 0 Å². The maximum absolute atomic E-state index is 3.38. The van der Waals surface area contributed by atoms with Crippen LogP contribution in [0.25, 0.3) is 0 Å². The molecule has 0 aliphatic heterocycles. The summed E-state index contributed by atoms with van der Waals surface area (Å²) in [6.45, 7) is 5.25. The van der Waals surface area contributed by atoms with E-state index in [1.54, 1.807) is 0 Å². The van der Waals surface area contributed by atoms with Gasteiger partial charge in [-0.1, -0.05) is 37.6 Å². The zero-order valence-corrected chi connectivity index (χ0v) is 11.1. The van der Waals surface area contributed by atoms with Crippen LogP contribution in [0, 0.1) is 0 Å². The molecule has 2 heteroatoms. The monoisotopic (exact) mass is 232 g/mol. The zero-order valence-electron chi connectivity index (χ0n) is 11.1. The molecule has 1 fully saturated rings. The minimum Gasteiger partial charge on any atom is -0.313 e. The van der Waals surface area contributed by atoms with Crippen LogP contribution in [-0.2, 0) is 13.1 Å². The number of nitrogens with one attached hydrogen (secondary N) is 1. The Morgan fingerprint density at radius 3 is 2.71 bits per heavy atom. The molecule has 1 aliphatic rings. The van der Waals surface area contributed by atoms with Crippen molar-refractivity contribution in [1.82, 2.24) is 10.2 Å². The highest BCUT2D eigenvalue weighted by Gasteiger charge is 2.21. The molecule has 2 rings (SSSR count). The SMILES string of the molecule is CCNCc1cccc(CN(C)C2CCC2)c1. The van der Waals surface area contributed by atoms with E-state index in [9.17, 15) is 0 Å². The van der Waals surface area contributed by atoms with Crippen LogP contribution in [0.15, 0.2) is 24.3 Å². The van der Waals surface area contributed by atoms with E-state index in [1.165, 1.54) is 30.4 Å². The lowest BCUT2D eigenvalue weighted by atomic mass is 9.91. The average Bonchev–Trinajstić information content (AvgIpc) is 2.24. The van der Waals surface area contributed by atoms with E-state index in [4.69, 9.17) is 0 Å². The summed E-state index contributed by atoms with van der Waals surface area (Å²) >= 11 is 0. The topological polar surface area (TPSA) is 15.3 Å². The maximum atomic E-state index is 3.38. The molecule has 0 spiro atoms. The number of benzene rings is 1. The van der Waals surface area contributed by atoms with Crippen LogP contribution in [0.3, 0.4) is 0 Å². The highest BCUT2D eigenvalue weighted by Crippen LogP contribution is 2.24. The highest BCUT2D eigenvalue weighted by molar-refractivity contribution is 5.23. The Kier molecular flexibility index (Phi) is 4.57. The fourth-order valence-corrected chi connectivity index (χ4v) is 2.35. The standard InChI is InChI=1S/C15H24N2/c1-3-16-11-13-6-4-7-14(10-13)12-17(2)15-8-5-9-15/h4,6-7,10,15-16H,3,5,8-9,11-12H2,1-2H3. The smallest absolute Gasteiger partial charge is 0.0233 e. The van der Waals surface area contributed by atoms with E-state index in [1.807, 2.05) is 0 Å². The molecule has 0 heterocycles. The summed E-state index contributed by atoms with van der Waals surface area (Å²) in [5, 5.41) is 3.38. The molecule has 1 N–H and O–H groups in total. The molecule has 17 heavy (non-hydrogen) atoms. The summed E-state index contributed by atoms with van der Waals surface area (Å²) < 4.78 is 0. The van der Waals surface area contributed by atoms with Crippen LogP contribution in [-0.4, -0.2) is 24.5 Å². The largest absolute Gasteiger partial charge is 0.313 e. The average molecular weight is 232 g/mol. The molecule has 1 aromatic carbocycles. The number of nitrogens with zero attached hydrogens (tertiary/aromatic N) is 1. The van der Waals surface area contributed by atoms with Gasteiger partial charge in [-0.05, 0) is 37.6 Å². The van der Waals surface area contributed by atoms with Crippen LogP contribution in [0.5, 0.6) is 0 Å². The van der Waals surface area contributed by atoms with Crippen molar-refractivity contribution in [2.75, 3.05) is 13.6 Å². The Morgan fingerprint density at radius 1 is 1.29 bits per heavy atom. The van der Waals surface area contributed by atoms with Gasteiger partial charge in [-0.15, -0.1) is 0 Å². The normalized spacial score (nSPS) is 16.2. The van der Waals surface area contributed by atoms with Gasteiger partial charge in [-0.25, -0.2) is 0 Å². The summed E-state index contributed by atoms with van der Waals surface area (Å²) in [5.41, 5.74) is 2.83. The molecular weight excluding hydrogens is 208 g/mol. The second-order valence-corrected chi connectivity index (χ2v) is 5.10. The molecule has 0 amide bonds. The first-order valence-corrected chi connectivity index (χ1v) is 6.78. The molecule has 0 saturated heterocycles. The molecule has 0 radical (unpaired) electrons. The van der Waals surface area contributed by atoms with Gasteiger partial charge in [-0.3, -0.25) is 4.90 Å². The quantitative estimate of drug-likeness (QED) is 0.811. The van der Waals surface area contributed by atoms with E-state index >= 15 is 0 Å². The molecule has 0 aromatic heterocycles. The van der Waals surface area contributed by atoms with Crippen molar-refractivity contribution >= 4 is 0 Å². The van der Waals surface area contributed by atoms with E-state index in [2.05, 4.69) is 48.5 Å². The Labute approximate surface area is 105 Å². The third-order valence-corrected chi connectivity index (χ3v) is 3.70. The van der Waals surface area contributed by atoms with Gasteiger partial charge >= 0.3 is 0 Å². The Hall–Kier alpha value is -0.860. The summed E-state index contributed by atoms with van der Waals surface area (Å²) in [4.78, 5) is 2.50. The molecule has 0 unspecified atom stereocenters. The lowest BCUT2D eigenvalue weighted by Gasteiger charge is -2.34. The molecule has 0 atom stereocenters. The predicted octanol–water partition coefficient (Wildman–Crippen LogP) is 2.78. The van der Waals surface area contributed by atoms with Gasteiger partial charge in [0.1, 0.15) is 0 Å². The highest BCUT2D eigenvalue weighted by atomic mass is 15.1. The Morgan fingerprint density at radius 2 is 2.06 bits per heavy atom. The van der Waals surface area contributed by atoms with Gasteiger partial charge in [0.05, 0.1) is 0 Å². The lowest BCUT2D eigenvalue weighted by molar-refractivity contribution is 0.152. The number of rotatable bonds is 6. The molecular formula is C15H24N2. The van der Waals surface area contributed by atoms with Gasteiger partial charge in [0.15, 0.2) is 0 Å². The van der Waals surface area contributed by atoms with Crippen LogP contribution < -0.4 is 5.32 Å². The number of hydrogen-bond donors (Lipinski definition) is 1. The van der Waals surface area contributed by atoms with Gasteiger partial charge in [-0.2, -0.15) is 0 Å². The fraction of sp³-hybridized carbons (Fsp3) is 0.600. The molecule has 1 aliphatic carbocycles. The maximum Gasteiger partial charge on any atom is 0.0233 e. The minimum atomic E-state index is 0.826. The zero-order chi connectivity index (χ0) is 12.1. The predicted molar refractivity (Wildman–Crippen MR) is 72.9 cm³/mol. The van der Waals surface area contributed by atoms with Crippen molar-refractivity contribution in [2.24, 2.45) is 0 Å². The van der Waals surface area contributed by atoms with Crippen LogP contribution >= 0.6 is 0 Å². The Bertz CT molecular complexity index is 345. The molecule has 0 bridgehead atoms. The third kappa shape index (κ3) is 3.55. The molecule has 1 aromatic rings. The first kappa shape index (κ1) is 12.6. The van der Waals surface area contributed by atoms with Crippen LogP contribution in [0.1, 0.15) is 37.3 Å². The van der Waals surface area contributed by atoms with Crippen molar-refractivity contribution in [3.63, 3.8) is 0 Å². The lowest BCUT2D eigenvalue weighted by Crippen LogP contribution is -2.36. The van der Waals surface area contributed by atoms with Crippen LogP contribution in [0.4, 0.5) is 0 Å².